The van der Waals surface area contributed by atoms with Gasteiger partial charge in [0, 0.05) is 11.7 Å². The van der Waals surface area contributed by atoms with Crippen LogP contribution in [-0.2, 0) is 19.6 Å². The maximum absolute atomic E-state index is 12.4. The normalized spacial score (nSPS) is 14.2. The van der Waals surface area contributed by atoms with E-state index in [0.717, 1.165) is 32.1 Å². The van der Waals surface area contributed by atoms with Crippen molar-refractivity contribution in [3.8, 4) is 0 Å². The van der Waals surface area contributed by atoms with Crippen molar-refractivity contribution in [2.45, 2.75) is 43.0 Å². The smallest absolute Gasteiger partial charge is 0.338 e. The number of hydrogen-bond acceptors (Lipinski definition) is 6. The van der Waals surface area contributed by atoms with Crippen molar-refractivity contribution in [3.63, 3.8) is 0 Å². The minimum atomic E-state index is -3.82. The molecule has 0 unspecified atom stereocenters. The van der Waals surface area contributed by atoms with Gasteiger partial charge in [0.05, 0.1) is 10.5 Å². The molecule has 2 aromatic rings. The topological polar surface area (TPSA) is 131 Å². The second kappa shape index (κ2) is 10.8. The second-order valence-corrected chi connectivity index (χ2v) is 9.11. The minimum Gasteiger partial charge on any atom is -0.452 e. The van der Waals surface area contributed by atoms with Crippen molar-refractivity contribution in [1.29, 1.82) is 0 Å². The molecule has 2 aromatic carbocycles. The number of rotatable bonds is 7. The summed E-state index contributed by atoms with van der Waals surface area (Å²) in [5.74, 6) is -1.56. The highest BCUT2D eigenvalue weighted by atomic mass is 32.2. The van der Waals surface area contributed by atoms with Crippen molar-refractivity contribution >= 4 is 33.6 Å². The fourth-order valence-electron chi connectivity index (χ4n) is 3.34. The van der Waals surface area contributed by atoms with Crippen molar-refractivity contribution in [3.05, 3.63) is 60.2 Å². The molecule has 3 rings (SSSR count). The van der Waals surface area contributed by atoms with E-state index in [9.17, 15) is 22.8 Å². The van der Waals surface area contributed by atoms with Crippen LogP contribution in [0.15, 0.2) is 59.5 Å². The average molecular weight is 460 g/mol. The molecule has 0 bridgehead atoms. The number of nitrogens with one attached hydrogen (secondary N) is 3. The fourth-order valence-corrected chi connectivity index (χ4v) is 4.39. The van der Waals surface area contributed by atoms with E-state index in [-0.39, 0.29) is 16.5 Å². The molecule has 170 valence electrons. The summed E-state index contributed by atoms with van der Waals surface area (Å²) in [7, 11) is -3.82. The van der Waals surface area contributed by atoms with Gasteiger partial charge in [-0.15, -0.1) is 0 Å². The van der Waals surface area contributed by atoms with Crippen molar-refractivity contribution in [2.24, 2.45) is 0 Å². The van der Waals surface area contributed by atoms with Crippen LogP contribution in [0.3, 0.4) is 0 Å². The highest BCUT2D eigenvalue weighted by Crippen LogP contribution is 2.18. The molecule has 1 saturated carbocycles. The molecule has 9 nitrogen and oxygen atoms in total. The predicted molar refractivity (Wildman–Crippen MR) is 118 cm³/mol. The Morgan fingerprint density at radius 2 is 1.56 bits per heavy atom. The van der Waals surface area contributed by atoms with E-state index in [2.05, 4.69) is 15.4 Å². The largest absolute Gasteiger partial charge is 0.452 e. The molecule has 0 heterocycles. The summed E-state index contributed by atoms with van der Waals surface area (Å²) in [5, 5.41) is 4.86. The van der Waals surface area contributed by atoms with Crippen LogP contribution in [0.4, 0.5) is 10.5 Å². The quantitative estimate of drug-likeness (QED) is 0.546. The highest BCUT2D eigenvalue weighted by molar-refractivity contribution is 7.92. The van der Waals surface area contributed by atoms with Crippen LogP contribution in [0.2, 0.25) is 0 Å². The van der Waals surface area contributed by atoms with Gasteiger partial charge in [-0.2, -0.15) is 0 Å². The molecule has 0 spiro atoms. The summed E-state index contributed by atoms with van der Waals surface area (Å²) in [6, 6.07) is 12.9. The standard InChI is InChI=1S/C22H25N3O6S/c26-20(24-22(28)23-17-7-3-1-4-8-17)15-31-21(27)16-11-13-19(14-12-16)32(29,30)25-18-9-5-2-6-10-18/h2,5-6,9-14,17,25H,1,3-4,7-8,15H2,(H2,23,24,26,28). The zero-order chi connectivity index (χ0) is 23.0. The number of anilines is 1. The van der Waals surface area contributed by atoms with Crippen LogP contribution in [0.1, 0.15) is 42.5 Å². The van der Waals surface area contributed by atoms with Crippen molar-refractivity contribution in [1.82, 2.24) is 10.6 Å². The van der Waals surface area contributed by atoms with E-state index in [0.29, 0.717) is 5.69 Å². The molecule has 1 aliphatic carbocycles. The molecule has 0 saturated heterocycles. The third-order valence-electron chi connectivity index (χ3n) is 4.95. The number of ether oxygens (including phenoxy) is 1. The van der Waals surface area contributed by atoms with Gasteiger partial charge in [-0.25, -0.2) is 18.0 Å². The van der Waals surface area contributed by atoms with Gasteiger partial charge < -0.3 is 10.1 Å². The Hall–Kier alpha value is -3.40. The van der Waals surface area contributed by atoms with E-state index in [4.69, 9.17) is 4.74 Å². The maximum Gasteiger partial charge on any atom is 0.338 e. The Morgan fingerprint density at radius 3 is 2.22 bits per heavy atom. The second-order valence-electron chi connectivity index (χ2n) is 7.43. The van der Waals surface area contributed by atoms with Crippen molar-refractivity contribution in [2.75, 3.05) is 11.3 Å². The zero-order valence-corrected chi connectivity index (χ0v) is 18.2. The summed E-state index contributed by atoms with van der Waals surface area (Å²) >= 11 is 0. The third-order valence-corrected chi connectivity index (χ3v) is 6.35. The van der Waals surface area contributed by atoms with Crippen LogP contribution in [0.5, 0.6) is 0 Å². The molecule has 10 heteroatoms. The first kappa shape index (κ1) is 23.3. The van der Waals surface area contributed by atoms with Gasteiger partial charge in [-0.05, 0) is 49.2 Å². The van der Waals surface area contributed by atoms with Gasteiger partial charge in [0.2, 0.25) is 0 Å². The molecular formula is C22H25N3O6S. The predicted octanol–water partition coefficient (Wildman–Crippen LogP) is 2.80. The van der Waals surface area contributed by atoms with Crippen LogP contribution in [0, 0.1) is 0 Å². The Morgan fingerprint density at radius 1 is 0.906 bits per heavy atom. The van der Waals surface area contributed by atoms with E-state index in [1.807, 2.05) is 0 Å². The number of benzene rings is 2. The van der Waals surface area contributed by atoms with Crippen LogP contribution >= 0.6 is 0 Å². The molecule has 3 amide bonds. The van der Waals surface area contributed by atoms with Crippen molar-refractivity contribution < 1.29 is 27.5 Å². The van der Waals surface area contributed by atoms with E-state index < -0.39 is 34.5 Å². The lowest BCUT2D eigenvalue weighted by Crippen LogP contribution is -2.46. The van der Waals surface area contributed by atoms with Gasteiger partial charge in [0.25, 0.3) is 15.9 Å². The number of amides is 3. The number of para-hydroxylation sites is 1. The molecule has 3 N–H and O–H groups in total. The molecule has 0 aromatic heterocycles. The molecule has 0 aliphatic heterocycles. The molecular weight excluding hydrogens is 434 g/mol. The Bertz CT molecular complexity index is 1050. The number of esters is 1. The van der Waals surface area contributed by atoms with Gasteiger partial charge in [-0.1, -0.05) is 37.5 Å². The first-order chi connectivity index (χ1) is 15.3. The Balaban J connectivity index is 1.47. The first-order valence-electron chi connectivity index (χ1n) is 10.3. The lowest BCUT2D eigenvalue weighted by Gasteiger charge is -2.22. The molecule has 32 heavy (non-hydrogen) atoms. The maximum atomic E-state index is 12.4. The summed E-state index contributed by atoms with van der Waals surface area (Å²) in [6.07, 6.45) is 4.98. The molecule has 1 aliphatic rings. The number of urea groups is 1. The third kappa shape index (κ3) is 6.81. The van der Waals surface area contributed by atoms with E-state index in [1.165, 1.54) is 24.3 Å². The number of sulfonamides is 1. The average Bonchev–Trinajstić information content (AvgIpc) is 2.78. The zero-order valence-electron chi connectivity index (χ0n) is 17.4. The molecule has 0 atom stereocenters. The highest BCUT2D eigenvalue weighted by Gasteiger charge is 2.19. The van der Waals surface area contributed by atoms with Gasteiger partial charge in [0.1, 0.15) is 0 Å². The Labute approximate surface area is 186 Å². The lowest BCUT2D eigenvalue weighted by molar-refractivity contribution is -0.123. The Kier molecular flexibility index (Phi) is 7.82. The van der Waals surface area contributed by atoms with E-state index >= 15 is 0 Å². The van der Waals surface area contributed by atoms with Gasteiger partial charge in [0.15, 0.2) is 6.61 Å². The monoisotopic (exact) mass is 459 g/mol. The number of imide groups is 1. The van der Waals surface area contributed by atoms with Gasteiger partial charge in [-0.3, -0.25) is 14.8 Å². The number of carbonyl (C=O) groups excluding carboxylic acids is 3. The lowest BCUT2D eigenvalue weighted by atomic mass is 9.96. The SMILES string of the molecule is O=C(COC(=O)c1ccc(S(=O)(=O)Nc2ccccc2)cc1)NC(=O)NC1CCCCC1. The first-order valence-corrected chi connectivity index (χ1v) is 11.8. The molecule has 0 radical (unpaired) electrons. The molecule has 1 fully saturated rings. The summed E-state index contributed by atoms with van der Waals surface area (Å²) < 4.78 is 32.2. The van der Waals surface area contributed by atoms with Gasteiger partial charge >= 0.3 is 12.0 Å². The number of hydrogen-bond donors (Lipinski definition) is 3. The van der Waals surface area contributed by atoms with Crippen LogP contribution in [0.25, 0.3) is 0 Å². The van der Waals surface area contributed by atoms with Crippen LogP contribution < -0.4 is 15.4 Å². The van der Waals surface area contributed by atoms with Crippen LogP contribution in [-0.4, -0.2) is 39.0 Å². The summed E-state index contributed by atoms with van der Waals surface area (Å²) in [5.41, 5.74) is 0.484. The summed E-state index contributed by atoms with van der Waals surface area (Å²) in [4.78, 5) is 35.8. The number of carbonyl (C=O) groups is 3. The summed E-state index contributed by atoms with van der Waals surface area (Å²) in [6.45, 7) is -0.632. The van der Waals surface area contributed by atoms with E-state index in [1.54, 1.807) is 30.3 Å². The fraction of sp³-hybridized carbons (Fsp3) is 0.318. The minimum absolute atomic E-state index is 0.0324.